The van der Waals surface area contributed by atoms with Crippen LogP contribution in [0.15, 0.2) is 50.7 Å². The monoisotopic (exact) mass is 412 g/mol. The van der Waals surface area contributed by atoms with Gasteiger partial charge in [-0.2, -0.15) is 13.2 Å². The standard InChI is InChI=1S/C18H15F3N2O4S/c19-18(20,21)10-26-17-16(2-1-6-23-17)28(24,25)11-3-4-12-13-5-7-22-9-15(13)27-14(12)8-11/h1-4,6,8,22H,5,7,9-10H2. The summed E-state index contributed by atoms with van der Waals surface area (Å²) in [6, 6.07) is 6.93. The van der Waals surface area contributed by atoms with Gasteiger partial charge in [0.05, 0.1) is 11.4 Å². The summed E-state index contributed by atoms with van der Waals surface area (Å²) in [5.41, 5.74) is 1.45. The van der Waals surface area contributed by atoms with Crippen LogP contribution in [0, 0.1) is 0 Å². The van der Waals surface area contributed by atoms with Gasteiger partial charge in [-0.25, -0.2) is 13.4 Å². The third kappa shape index (κ3) is 3.45. The van der Waals surface area contributed by atoms with Gasteiger partial charge in [0.2, 0.25) is 15.7 Å². The van der Waals surface area contributed by atoms with Crippen LogP contribution in [-0.4, -0.2) is 32.7 Å². The molecule has 2 aromatic heterocycles. The van der Waals surface area contributed by atoms with Crippen LogP contribution in [0.4, 0.5) is 13.2 Å². The number of benzene rings is 1. The van der Waals surface area contributed by atoms with Gasteiger partial charge in [-0.05, 0) is 37.2 Å². The highest BCUT2D eigenvalue weighted by molar-refractivity contribution is 7.91. The summed E-state index contributed by atoms with van der Waals surface area (Å²) in [6.45, 7) is -0.273. The minimum atomic E-state index is -4.61. The highest BCUT2D eigenvalue weighted by Gasteiger charge is 2.31. The molecule has 1 aliphatic heterocycles. The number of pyridine rings is 1. The molecule has 0 radical (unpaired) electrons. The number of alkyl halides is 3. The van der Waals surface area contributed by atoms with Crippen molar-refractivity contribution < 1.29 is 30.7 Å². The van der Waals surface area contributed by atoms with E-state index in [2.05, 4.69) is 15.0 Å². The Morgan fingerprint density at radius 3 is 2.86 bits per heavy atom. The van der Waals surface area contributed by atoms with Crippen molar-refractivity contribution in [1.29, 1.82) is 0 Å². The number of hydrogen-bond donors (Lipinski definition) is 1. The number of fused-ring (bicyclic) bond motifs is 3. The summed E-state index contributed by atoms with van der Waals surface area (Å²) < 4.78 is 73.8. The predicted molar refractivity (Wildman–Crippen MR) is 92.9 cm³/mol. The molecular weight excluding hydrogens is 397 g/mol. The molecule has 148 valence electrons. The molecule has 6 nitrogen and oxygen atoms in total. The van der Waals surface area contributed by atoms with Crippen LogP contribution in [0.25, 0.3) is 11.0 Å². The lowest BCUT2D eigenvalue weighted by atomic mass is 10.1. The van der Waals surface area contributed by atoms with Crippen molar-refractivity contribution in [3.63, 3.8) is 0 Å². The van der Waals surface area contributed by atoms with Crippen molar-refractivity contribution in [3.8, 4) is 5.88 Å². The van der Waals surface area contributed by atoms with E-state index < -0.39 is 33.4 Å². The molecule has 0 bridgehead atoms. The number of aromatic nitrogens is 1. The SMILES string of the molecule is O=S(=O)(c1ccc2c3c(oc2c1)CNCC3)c1cccnc1OCC(F)(F)F. The Balaban J connectivity index is 1.75. The highest BCUT2D eigenvalue weighted by Crippen LogP contribution is 2.33. The van der Waals surface area contributed by atoms with E-state index in [0.29, 0.717) is 12.1 Å². The van der Waals surface area contributed by atoms with Crippen LogP contribution in [-0.2, 0) is 22.8 Å². The molecule has 1 aliphatic rings. The van der Waals surface area contributed by atoms with Crippen LogP contribution < -0.4 is 10.1 Å². The van der Waals surface area contributed by atoms with Gasteiger partial charge in [0.25, 0.3) is 0 Å². The number of furan rings is 1. The van der Waals surface area contributed by atoms with Crippen molar-refractivity contribution in [1.82, 2.24) is 10.3 Å². The number of hydrogen-bond acceptors (Lipinski definition) is 6. The van der Waals surface area contributed by atoms with Crippen molar-refractivity contribution in [3.05, 3.63) is 47.9 Å². The topological polar surface area (TPSA) is 81.4 Å². The zero-order valence-corrected chi connectivity index (χ0v) is 15.2. The molecule has 0 fully saturated rings. The molecule has 10 heteroatoms. The van der Waals surface area contributed by atoms with Crippen LogP contribution in [0.5, 0.6) is 5.88 Å². The molecule has 3 aromatic rings. The number of rotatable bonds is 4. The van der Waals surface area contributed by atoms with E-state index in [1.807, 2.05) is 0 Å². The Labute approximate surface area is 158 Å². The molecule has 1 aromatic carbocycles. The zero-order chi connectivity index (χ0) is 19.9. The second-order valence-corrected chi connectivity index (χ2v) is 8.22. The number of nitrogens with zero attached hydrogens (tertiary/aromatic N) is 1. The van der Waals surface area contributed by atoms with Gasteiger partial charge in [-0.3, -0.25) is 0 Å². The van der Waals surface area contributed by atoms with E-state index in [0.717, 1.165) is 35.7 Å². The van der Waals surface area contributed by atoms with Crippen LogP contribution in [0.1, 0.15) is 11.3 Å². The number of sulfone groups is 1. The Morgan fingerprint density at radius 2 is 2.07 bits per heavy atom. The third-order valence-electron chi connectivity index (χ3n) is 4.39. The molecule has 0 saturated carbocycles. The second-order valence-electron chi connectivity index (χ2n) is 6.30. The summed E-state index contributed by atoms with van der Waals surface area (Å²) in [5.74, 6) is 0.161. The molecule has 0 saturated heterocycles. The molecule has 4 rings (SSSR count). The smallest absolute Gasteiger partial charge is 0.422 e. The first-order chi connectivity index (χ1) is 13.3. The maximum atomic E-state index is 13.0. The first-order valence-electron chi connectivity index (χ1n) is 8.40. The molecule has 0 spiro atoms. The van der Waals surface area contributed by atoms with Gasteiger partial charge in [0.1, 0.15) is 16.2 Å². The van der Waals surface area contributed by atoms with Gasteiger partial charge in [0, 0.05) is 23.2 Å². The lowest BCUT2D eigenvalue weighted by molar-refractivity contribution is -0.154. The summed E-state index contributed by atoms with van der Waals surface area (Å²) in [4.78, 5) is 3.11. The van der Waals surface area contributed by atoms with Gasteiger partial charge in [-0.1, -0.05) is 0 Å². The van der Waals surface area contributed by atoms with E-state index >= 15 is 0 Å². The van der Waals surface area contributed by atoms with Crippen molar-refractivity contribution in [2.45, 2.75) is 28.9 Å². The number of ether oxygens (including phenoxy) is 1. The normalized spacial score (nSPS) is 14.8. The van der Waals surface area contributed by atoms with Crippen LogP contribution in [0.3, 0.4) is 0 Å². The molecule has 1 N–H and O–H groups in total. The maximum Gasteiger partial charge on any atom is 0.422 e. The summed E-state index contributed by atoms with van der Waals surface area (Å²) in [7, 11) is -4.16. The van der Waals surface area contributed by atoms with E-state index in [1.165, 1.54) is 24.4 Å². The second kappa shape index (κ2) is 6.78. The molecule has 28 heavy (non-hydrogen) atoms. The summed E-state index contributed by atoms with van der Waals surface area (Å²) in [6.07, 6.45) is -2.67. The zero-order valence-electron chi connectivity index (χ0n) is 14.4. The maximum absolute atomic E-state index is 13.0. The fourth-order valence-electron chi connectivity index (χ4n) is 3.15. The Kier molecular flexibility index (Phi) is 4.54. The summed E-state index contributed by atoms with van der Waals surface area (Å²) in [5, 5.41) is 4.01. The van der Waals surface area contributed by atoms with Gasteiger partial charge in [-0.15, -0.1) is 0 Å². The minimum absolute atomic E-state index is 0.107. The highest BCUT2D eigenvalue weighted by atomic mass is 32.2. The predicted octanol–water partition coefficient (Wildman–Crippen LogP) is 3.25. The molecule has 3 heterocycles. The first-order valence-corrected chi connectivity index (χ1v) is 9.89. The molecule has 0 atom stereocenters. The van der Waals surface area contributed by atoms with Gasteiger partial charge >= 0.3 is 6.18 Å². The average Bonchev–Trinajstić information content (AvgIpc) is 3.04. The van der Waals surface area contributed by atoms with Crippen molar-refractivity contribution in [2.24, 2.45) is 0 Å². The fourth-order valence-corrected chi connectivity index (χ4v) is 4.51. The number of halogens is 3. The van der Waals surface area contributed by atoms with Crippen molar-refractivity contribution >= 4 is 20.8 Å². The summed E-state index contributed by atoms with van der Waals surface area (Å²) >= 11 is 0. The van der Waals surface area contributed by atoms with E-state index in [4.69, 9.17) is 4.42 Å². The lowest BCUT2D eigenvalue weighted by Crippen LogP contribution is -2.22. The molecular formula is C18H15F3N2O4S. The van der Waals surface area contributed by atoms with Gasteiger partial charge in [0.15, 0.2) is 6.61 Å². The number of nitrogens with one attached hydrogen (secondary N) is 1. The molecule has 0 unspecified atom stereocenters. The Bertz CT molecular complexity index is 1140. The lowest BCUT2D eigenvalue weighted by Gasteiger charge is -2.12. The van der Waals surface area contributed by atoms with Crippen molar-refractivity contribution in [2.75, 3.05) is 13.2 Å². The quantitative estimate of drug-likeness (QED) is 0.709. The van der Waals surface area contributed by atoms with Crippen LogP contribution in [0.2, 0.25) is 0 Å². The largest absolute Gasteiger partial charge is 0.467 e. The Hall–Kier alpha value is -2.59. The molecule has 0 amide bonds. The third-order valence-corrected chi connectivity index (χ3v) is 6.16. The Morgan fingerprint density at radius 1 is 1.25 bits per heavy atom. The molecule has 0 aliphatic carbocycles. The average molecular weight is 412 g/mol. The van der Waals surface area contributed by atoms with Gasteiger partial charge < -0.3 is 14.5 Å². The van der Waals surface area contributed by atoms with Crippen LogP contribution >= 0.6 is 0 Å². The van der Waals surface area contributed by atoms with E-state index in [-0.39, 0.29) is 4.90 Å². The fraction of sp³-hybridized carbons (Fsp3) is 0.278. The minimum Gasteiger partial charge on any atom is -0.467 e. The first kappa shape index (κ1) is 18.8. The van der Waals surface area contributed by atoms with E-state index in [9.17, 15) is 21.6 Å². The van der Waals surface area contributed by atoms with E-state index in [1.54, 1.807) is 6.07 Å².